The summed E-state index contributed by atoms with van der Waals surface area (Å²) in [6, 6.07) is 34.8. The second-order valence-electron chi connectivity index (χ2n) is 16.5. The van der Waals surface area contributed by atoms with E-state index in [1.165, 1.54) is 57.9 Å². The van der Waals surface area contributed by atoms with Crippen molar-refractivity contribution in [1.29, 1.82) is 0 Å². The van der Waals surface area contributed by atoms with Crippen molar-refractivity contribution in [3.05, 3.63) is 131 Å². The van der Waals surface area contributed by atoms with Crippen molar-refractivity contribution in [2.75, 3.05) is 0 Å². The Morgan fingerprint density at radius 1 is 0.717 bits per heavy atom. The van der Waals surface area contributed by atoms with Gasteiger partial charge in [-0.05, 0) is 135 Å². The van der Waals surface area contributed by atoms with Crippen molar-refractivity contribution < 1.29 is 4.74 Å². The summed E-state index contributed by atoms with van der Waals surface area (Å²) in [7, 11) is 0. The number of aromatic nitrogens is 4. The average molecular weight is 703 g/mol. The fourth-order valence-corrected chi connectivity index (χ4v) is 7.62. The van der Waals surface area contributed by atoms with Crippen molar-refractivity contribution in [3.8, 4) is 34.1 Å². The Labute approximate surface area is 315 Å². The van der Waals surface area contributed by atoms with E-state index in [2.05, 4.69) is 162 Å². The summed E-state index contributed by atoms with van der Waals surface area (Å²) in [4.78, 5) is 4.84. The number of benzene rings is 4. The molecule has 7 aromatic rings. The molecule has 0 N–H and O–H groups in total. The monoisotopic (exact) mass is 702 g/mol. The second-order valence-corrected chi connectivity index (χ2v) is 16.5. The molecule has 4 aromatic carbocycles. The molecule has 5 heteroatoms. The van der Waals surface area contributed by atoms with Crippen molar-refractivity contribution in [3.63, 3.8) is 0 Å². The Balaban J connectivity index is 1.28. The summed E-state index contributed by atoms with van der Waals surface area (Å²) in [6.07, 6.45) is 8.74. The molecule has 3 heterocycles. The molecule has 0 bridgehead atoms. The molecule has 0 saturated carbocycles. The van der Waals surface area contributed by atoms with Crippen molar-refractivity contribution in [2.24, 2.45) is 11.3 Å². The Bertz CT molecular complexity index is 2370. The Kier molecular flexibility index (Phi) is 10.3. The second kappa shape index (κ2) is 15.1. The summed E-state index contributed by atoms with van der Waals surface area (Å²) < 4.78 is 11.2. The first-order chi connectivity index (χ1) is 25.4. The molecule has 0 saturated heterocycles. The lowest BCUT2D eigenvalue weighted by molar-refractivity contribution is 0.360. The number of aryl methyl sites for hydroxylation is 4. The zero-order valence-electron chi connectivity index (χ0n) is 32.8. The van der Waals surface area contributed by atoms with Crippen LogP contribution in [0.4, 0.5) is 0 Å². The van der Waals surface area contributed by atoms with Crippen LogP contribution in [0.2, 0.25) is 0 Å². The molecule has 0 radical (unpaired) electrons. The van der Waals surface area contributed by atoms with E-state index in [1.54, 1.807) is 0 Å². The third kappa shape index (κ3) is 8.10. The quantitative estimate of drug-likeness (QED) is 0.119. The van der Waals surface area contributed by atoms with Gasteiger partial charge < -0.3 is 4.74 Å². The van der Waals surface area contributed by atoms with Crippen molar-refractivity contribution in [2.45, 2.75) is 93.9 Å². The van der Waals surface area contributed by atoms with E-state index in [-0.39, 0.29) is 0 Å². The van der Waals surface area contributed by atoms with Gasteiger partial charge in [0.1, 0.15) is 17.3 Å². The van der Waals surface area contributed by atoms with Crippen molar-refractivity contribution >= 4 is 21.8 Å². The predicted molar refractivity (Wildman–Crippen MR) is 222 cm³/mol. The molecule has 5 nitrogen and oxygen atoms in total. The van der Waals surface area contributed by atoms with Crippen LogP contribution in [0.15, 0.2) is 103 Å². The van der Waals surface area contributed by atoms with Crippen molar-refractivity contribution in [1.82, 2.24) is 19.3 Å². The topological polar surface area (TPSA) is 44.9 Å². The number of hydrogen-bond donors (Lipinski definition) is 0. The maximum absolute atomic E-state index is 6.81. The molecule has 0 aliphatic carbocycles. The molecular formula is C48H54N4O. The lowest BCUT2D eigenvalue weighted by Crippen LogP contribution is -2.04. The van der Waals surface area contributed by atoms with Gasteiger partial charge in [0.15, 0.2) is 0 Å². The fourth-order valence-electron chi connectivity index (χ4n) is 7.62. The molecule has 0 fully saturated rings. The number of hydrogen-bond acceptors (Lipinski definition) is 3. The van der Waals surface area contributed by atoms with Gasteiger partial charge in [0.2, 0.25) is 0 Å². The summed E-state index contributed by atoms with van der Waals surface area (Å²) in [5.74, 6) is 3.12. The number of rotatable bonds is 12. The van der Waals surface area contributed by atoms with Gasteiger partial charge in [0.25, 0.3) is 0 Å². The molecule has 3 aromatic heterocycles. The van der Waals surface area contributed by atoms with Crippen LogP contribution in [0, 0.1) is 32.1 Å². The van der Waals surface area contributed by atoms with E-state index < -0.39 is 0 Å². The Morgan fingerprint density at radius 3 is 2.28 bits per heavy atom. The standard InChI is InChI=1S/C48H54N4O/c1-32(2)17-18-37-27-39(52-35(5)47(34(4)50-52)38-15-10-9-11-16-38)30-41(28-37)53-40-20-21-42-43-29-36(14-12-13-24-48(6,7)8)19-22-44(43)51(45(42)31-40)46-26-33(3)23-25-49-46/h9-11,15-16,19-23,25-32H,12-14,17-18,24H2,1-8H3. The number of nitrogens with zero attached hydrogens (tertiary/aromatic N) is 4. The lowest BCUT2D eigenvalue weighted by Gasteiger charge is -2.17. The van der Waals surface area contributed by atoms with E-state index in [4.69, 9.17) is 14.8 Å². The summed E-state index contributed by atoms with van der Waals surface area (Å²) in [5, 5.41) is 7.50. The maximum atomic E-state index is 6.81. The largest absolute Gasteiger partial charge is 0.457 e. The number of fused-ring (bicyclic) bond motifs is 3. The molecule has 272 valence electrons. The van der Waals surface area contributed by atoms with Crippen LogP contribution in [0.1, 0.15) is 88.4 Å². The molecule has 0 unspecified atom stereocenters. The normalized spacial score (nSPS) is 12.0. The highest BCUT2D eigenvalue weighted by atomic mass is 16.5. The third-order valence-corrected chi connectivity index (χ3v) is 10.4. The number of ether oxygens (including phenoxy) is 1. The van der Waals surface area contributed by atoms with Crippen LogP contribution in [0.5, 0.6) is 11.5 Å². The first-order valence-electron chi connectivity index (χ1n) is 19.4. The van der Waals surface area contributed by atoms with Gasteiger partial charge in [0, 0.05) is 40.4 Å². The zero-order chi connectivity index (χ0) is 37.3. The molecule has 53 heavy (non-hydrogen) atoms. The molecule has 0 spiro atoms. The minimum Gasteiger partial charge on any atom is -0.457 e. The van der Waals surface area contributed by atoms with Crippen LogP contribution in [0.25, 0.3) is 44.4 Å². The van der Waals surface area contributed by atoms with Crippen LogP contribution in [-0.4, -0.2) is 19.3 Å². The van der Waals surface area contributed by atoms with Crippen LogP contribution in [0.3, 0.4) is 0 Å². The lowest BCUT2D eigenvalue weighted by atomic mass is 9.89. The van der Waals surface area contributed by atoms with Gasteiger partial charge in [-0.3, -0.25) is 4.57 Å². The van der Waals surface area contributed by atoms with Gasteiger partial charge in [-0.1, -0.05) is 77.4 Å². The van der Waals surface area contributed by atoms with Gasteiger partial charge in [-0.25, -0.2) is 9.67 Å². The van der Waals surface area contributed by atoms with Crippen LogP contribution in [-0.2, 0) is 12.8 Å². The fraction of sp³-hybridized carbons (Fsp3) is 0.333. The molecular weight excluding hydrogens is 649 g/mol. The predicted octanol–water partition coefficient (Wildman–Crippen LogP) is 13.1. The Hall–Kier alpha value is -5.16. The van der Waals surface area contributed by atoms with Crippen LogP contribution < -0.4 is 4.74 Å². The minimum atomic E-state index is 0.373. The highest BCUT2D eigenvalue weighted by Crippen LogP contribution is 2.37. The summed E-state index contributed by atoms with van der Waals surface area (Å²) >= 11 is 0. The number of unbranched alkanes of at least 4 members (excludes halogenated alkanes) is 1. The highest BCUT2D eigenvalue weighted by Gasteiger charge is 2.18. The minimum absolute atomic E-state index is 0.373. The van der Waals surface area contributed by atoms with Gasteiger partial charge in [-0.15, -0.1) is 0 Å². The highest BCUT2D eigenvalue weighted by molar-refractivity contribution is 6.09. The molecule has 0 atom stereocenters. The van der Waals surface area contributed by atoms with Crippen LogP contribution >= 0.6 is 0 Å². The smallest absolute Gasteiger partial charge is 0.137 e. The summed E-state index contributed by atoms with van der Waals surface area (Å²) in [5.41, 5.74) is 11.9. The zero-order valence-corrected chi connectivity index (χ0v) is 32.8. The Morgan fingerprint density at radius 2 is 1.53 bits per heavy atom. The van der Waals surface area contributed by atoms with E-state index in [0.29, 0.717) is 11.3 Å². The first-order valence-corrected chi connectivity index (χ1v) is 19.4. The maximum Gasteiger partial charge on any atom is 0.137 e. The third-order valence-electron chi connectivity index (χ3n) is 10.4. The first kappa shape index (κ1) is 36.2. The summed E-state index contributed by atoms with van der Waals surface area (Å²) in [6.45, 7) is 17.9. The molecule has 0 aliphatic rings. The average Bonchev–Trinajstić information content (AvgIpc) is 3.61. The van der Waals surface area contributed by atoms with Gasteiger partial charge in [0.05, 0.1) is 22.4 Å². The SMILES string of the molecule is Cc1ccnc(-n2c3ccc(CCCCC(C)(C)C)cc3c3ccc(Oc4cc(CCC(C)C)cc(-n5nc(C)c(-c6ccccc6)c5C)c4)cc32)c1. The van der Waals surface area contributed by atoms with Gasteiger partial charge >= 0.3 is 0 Å². The molecule has 0 amide bonds. The molecule has 7 rings (SSSR count). The van der Waals surface area contributed by atoms with E-state index >= 15 is 0 Å². The molecule has 0 aliphatic heterocycles. The number of pyridine rings is 1. The van der Waals surface area contributed by atoms with E-state index in [9.17, 15) is 0 Å². The van der Waals surface area contributed by atoms with E-state index in [0.717, 1.165) is 64.7 Å². The van der Waals surface area contributed by atoms with Gasteiger partial charge in [-0.2, -0.15) is 5.10 Å². The van der Waals surface area contributed by atoms with E-state index in [1.807, 2.05) is 6.20 Å².